The average Bonchev–Trinajstić information content (AvgIpc) is 2.71. The van der Waals surface area contributed by atoms with E-state index in [0.717, 1.165) is 9.21 Å². The van der Waals surface area contributed by atoms with Gasteiger partial charge < -0.3 is 10.2 Å². The SMILES string of the molecule is C=CCN(Cc1ccc(Cl)s1)C(=O)CCNC.Cl. The maximum atomic E-state index is 11.9. The van der Waals surface area contributed by atoms with Crippen LogP contribution >= 0.6 is 35.3 Å². The number of carbonyl (C=O) groups excluding carboxylic acids is 1. The van der Waals surface area contributed by atoms with E-state index in [9.17, 15) is 4.79 Å². The number of carbonyl (C=O) groups is 1. The lowest BCUT2D eigenvalue weighted by Crippen LogP contribution is -2.32. The van der Waals surface area contributed by atoms with E-state index in [0.29, 0.717) is 26.1 Å². The van der Waals surface area contributed by atoms with Crippen LogP contribution in [0.15, 0.2) is 24.8 Å². The van der Waals surface area contributed by atoms with Crippen LogP contribution in [0.5, 0.6) is 0 Å². The van der Waals surface area contributed by atoms with Gasteiger partial charge in [-0.2, -0.15) is 0 Å². The first kappa shape index (κ1) is 17.4. The molecule has 3 nitrogen and oxygen atoms in total. The Morgan fingerprint density at radius 3 is 2.83 bits per heavy atom. The summed E-state index contributed by atoms with van der Waals surface area (Å²) in [5, 5.41) is 2.97. The van der Waals surface area contributed by atoms with E-state index in [1.54, 1.807) is 11.0 Å². The molecule has 18 heavy (non-hydrogen) atoms. The Balaban J connectivity index is 0.00000289. The number of amides is 1. The number of hydrogen-bond donors (Lipinski definition) is 1. The highest BCUT2D eigenvalue weighted by Gasteiger charge is 2.12. The third-order valence-corrected chi connectivity index (χ3v) is 3.48. The predicted octanol–water partition coefficient (Wildman–Crippen LogP) is 2.95. The van der Waals surface area contributed by atoms with Crippen molar-refractivity contribution in [3.63, 3.8) is 0 Å². The van der Waals surface area contributed by atoms with Crippen molar-refractivity contribution in [3.8, 4) is 0 Å². The first-order valence-corrected chi connectivity index (χ1v) is 6.64. The molecule has 0 radical (unpaired) electrons. The van der Waals surface area contributed by atoms with Gasteiger partial charge in [-0.25, -0.2) is 0 Å². The Hall–Kier alpha value is -0.550. The number of halogens is 2. The quantitative estimate of drug-likeness (QED) is 0.786. The highest BCUT2D eigenvalue weighted by molar-refractivity contribution is 7.16. The molecule has 1 amide bonds. The number of hydrogen-bond acceptors (Lipinski definition) is 3. The van der Waals surface area contributed by atoms with Gasteiger partial charge >= 0.3 is 0 Å². The Kier molecular flexibility index (Phi) is 9.10. The third kappa shape index (κ3) is 5.87. The summed E-state index contributed by atoms with van der Waals surface area (Å²) in [4.78, 5) is 14.8. The summed E-state index contributed by atoms with van der Waals surface area (Å²) in [7, 11) is 1.84. The zero-order chi connectivity index (χ0) is 12.7. The number of thiophene rings is 1. The topological polar surface area (TPSA) is 32.3 Å². The second-order valence-corrected chi connectivity index (χ2v) is 5.42. The second-order valence-electron chi connectivity index (χ2n) is 3.62. The van der Waals surface area contributed by atoms with E-state index in [4.69, 9.17) is 11.6 Å². The average molecular weight is 309 g/mol. The summed E-state index contributed by atoms with van der Waals surface area (Å²) in [5.41, 5.74) is 0. The lowest BCUT2D eigenvalue weighted by molar-refractivity contribution is -0.131. The fourth-order valence-electron chi connectivity index (χ4n) is 1.43. The van der Waals surface area contributed by atoms with Crippen molar-refractivity contribution in [2.75, 3.05) is 20.1 Å². The van der Waals surface area contributed by atoms with Crippen LogP contribution in [-0.2, 0) is 11.3 Å². The highest BCUT2D eigenvalue weighted by Crippen LogP contribution is 2.22. The fraction of sp³-hybridized carbons (Fsp3) is 0.417. The summed E-state index contributed by atoms with van der Waals surface area (Å²) in [6, 6.07) is 3.81. The van der Waals surface area contributed by atoms with E-state index in [1.165, 1.54) is 11.3 Å². The third-order valence-electron chi connectivity index (χ3n) is 2.27. The van der Waals surface area contributed by atoms with E-state index in [-0.39, 0.29) is 18.3 Å². The van der Waals surface area contributed by atoms with Gasteiger partial charge in [-0.15, -0.1) is 30.3 Å². The lowest BCUT2D eigenvalue weighted by Gasteiger charge is -2.20. The van der Waals surface area contributed by atoms with Crippen LogP contribution in [0.1, 0.15) is 11.3 Å². The normalized spacial score (nSPS) is 9.67. The molecule has 1 N–H and O–H groups in total. The van der Waals surface area contributed by atoms with Crippen LogP contribution in [0.3, 0.4) is 0 Å². The van der Waals surface area contributed by atoms with E-state index in [2.05, 4.69) is 11.9 Å². The van der Waals surface area contributed by atoms with Crippen molar-refractivity contribution < 1.29 is 4.79 Å². The first-order valence-electron chi connectivity index (χ1n) is 5.45. The van der Waals surface area contributed by atoms with Crippen LogP contribution in [0.4, 0.5) is 0 Å². The van der Waals surface area contributed by atoms with Gasteiger partial charge in [-0.1, -0.05) is 17.7 Å². The second kappa shape index (κ2) is 9.39. The largest absolute Gasteiger partial charge is 0.334 e. The molecule has 0 aliphatic rings. The molecule has 0 fully saturated rings. The van der Waals surface area contributed by atoms with Crippen LogP contribution in [0.25, 0.3) is 0 Å². The molecule has 6 heteroatoms. The van der Waals surface area contributed by atoms with Crippen LogP contribution < -0.4 is 5.32 Å². The van der Waals surface area contributed by atoms with Crippen LogP contribution in [-0.4, -0.2) is 30.9 Å². The molecule has 0 unspecified atom stereocenters. The summed E-state index contributed by atoms with van der Waals surface area (Å²) < 4.78 is 0.751. The van der Waals surface area contributed by atoms with Crippen molar-refractivity contribution in [1.82, 2.24) is 10.2 Å². The van der Waals surface area contributed by atoms with Gasteiger partial charge in [-0.05, 0) is 19.2 Å². The Bertz CT molecular complexity index is 382. The summed E-state index contributed by atoms with van der Waals surface area (Å²) in [5.74, 6) is 0.128. The molecular weight excluding hydrogens is 291 g/mol. The Morgan fingerprint density at radius 2 is 2.33 bits per heavy atom. The molecule has 0 saturated heterocycles. The van der Waals surface area contributed by atoms with Gasteiger partial charge in [0.15, 0.2) is 0 Å². The van der Waals surface area contributed by atoms with Gasteiger partial charge in [-0.3, -0.25) is 4.79 Å². The summed E-state index contributed by atoms with van der Waals surface area (Å²) >= 11 is 7.37. The minimum absolute atomic E-state index is 0. The van der Waals surface area contributed by atoms with Crippen LogP contribution in [0.2, 0.25) is 4.34 Å². The molecule has 1 aromatic rings. The van der Waals surface area contributed by atoms with Gasteiger partial charge in [0, 0.05) is 24.4 Å². The van der Waals surface area contributed by atoms with Crippen LogP contribution in [0, 0.1) is 0 Å². The number of nitrogens with one attached hydrogen (secondary N) is 1. The molecule has 1 heterocycles. The molecule has 0 aromatic carbocycles. The lowest BCUT2D eigenvalue weighted by atomic mass is 10.3. The smallest absolute Gasteiger partial charge is 0.224 e. The number of nitrogens with zero attached hydrogens (tertiary/aromatic N) is 1. The molecule has 1 rings (SSSR count). The maximum absolute atomic E-state index is 11.9. The van der Waals surface area contributed by atoms with Crippen molar-refractivity contribution >= 4 is 41.3 Å². The van der Waals surface area contributed by atoms with Gasteiger partial charge in [0.05, 0.1) is 10.9 Å². The molecule has 102 valence electrons. The summed E-state index contributed by atoms with van der Waals surface area (Å²) in [6.07, 6.45) is 2.25. The fourth-order valence-corrected chi connectivity index (χ4v) is 2.53. The van der Waals surface area contributed by atoms with E-state index in [1.807, 2.05) is 19.2 Å². The minimum atomic E-state index is 0. The van der Waals surface area contributed by atoms with Crippen molar-refractivity contribution in [2.45, 2.75) is 13.0 Å². The monoisotopic (exact) mass is 308 g/mol. The van der Waals surface area contributed by atoms with Gasteiger partial charge in [0.1, 0.15) is 0 Å². The zero-order valence-electron chi connectivity index (χ0n) is 10.3. The minimum Gasteiger partial charge on any atom is -0.334 e. The molecule has 0 atom stereocenters. The molecule has 0 aliphatic heterocycles. The van der Waals surface area contributed by atoms with Crippen molar-refractivity contribution in [1.29, 1.82) is 0 Å². The van der Waals surface area contributed by atoms with Gasteiger partial charge in [0.2, 0.25) is 5.91 Å². The molecule has 1 aromatic heterocycles. The van der Waals surface area contributed by atoms with E-state index < -0.39 is 0 Å². The highest BCUT2D eigenvalue weighted by atomic mass is 35.5. The molecule has 0 saturated carbocycles. The Labute approximate surface area is 123 Å². The first-order chi connectivity index (χ1) is 8.17. The maximum Gasteiger partial charge on any atom is 0.224 e. The Morgan fingerprint density at radius 1 is 1.61 bits per heavy atom. The zero-order valence-corrected chi connectivity index (χ0v) is 12.7. The predicted molar refractivity (Wildman–Crippen MR) is 80.7 cm³/mol. The molecule has 0 aliphatic carbocycles. The molecule has 0 bridgehead atoms. The van der Waals surface area contributed by atoms with Crippen molar-refractivity contribution in [3.05, 3.63) is 34.0 Å². The standard InChI is InChI=1S/C12H17ClN2OS.ClH/c1-3-8-15(12(16)6-7-14-2)9-10-4-5-11(13)17-10;/h3-5,14H,1,6-9H2,2H3;1H. The van der Waals surface area contributed by atoms with Crippen molar-refractivity contribution in [2.24, 2.45) is 0 Å². The van der Waals surface area contributed by atoms with Gasteiger partial charge in [0.25, 0.3) is 0 Å². The van der Waals surface area contributed by atoms with E-state index >= 15 is 0 Å². The number of rotatable bonds is 7. The molecular formula is C12H18Cl2N2OS. The summed E-state index contributed by atoms with van der Waals surface area (Å²) in [6.45, 7) is 5.54. The molecule has 0 spiro atoms.